The Labute approximate surface area is 185 Å². The second-order valence-electron chi connectivity index (χ2n) is 6.98. The monoisotopic (exact) mass is 453 g/mol. The first-order chi connectivity index (χ1) is 15.4. The van der Waals surface area contributed by atoms with E-state index in [-0.39, 0.29) is 16.5 Å². The van der Waals surface area contributed by atoms with Gasteiger partial charge in [-0.25, -0.2) is 9.40 Å². The highest BCUT2D eigenvalue weighted by molar-refractivity contribution is 7.90. The zero-order valence-electron chi connectivity index (χ0n) is 17.4. The van der Waals surface area contributed by atoms with Crippen LogP contribution >= 0.6 is 0 Å². The molecule has 1 heterocycles. The number of benzene rings is 3. The molecule has 7 nitrogen and oxygen atoms in total. The highest BCUT2D eigenvalue weighted by atomic mass is 32.2. The zero-order valence-corrected chi connectivity index (χ0v) is 18.2. The van der Waals surface area contributed by atoms with Crippen molar-refractivity contribution in [1.82, 2.24) is 5.01 Å². The number of ether oxygens (including phenoxy) is 2. The first-order valence-electron chi connectivity index (χ1n) is 9.65. The molecule has 0 atom stereocenters. The molecule has 0 N–H and O–H groups in total. The number of nitrogens with zero attached hydrogens (tertiary/aromatic N) is 3. The van der Waals surface area contributed by atoms with Crippen molar-refractivity contribution in [3.8, 4) is 11.5 Å². The van der Waals surface area contributed by atoms with Crippen LogP contribution in [0.2, 0.25) is 0 Å². The van der Waals surface area contributed by atoms with Gasteiger partial charge in [-0.1, -0.05) is 36.4 Å². The van der Waals surface area contributed by atoms with E-state index in [0.717, 1.165) is 5.56 Å². The predicted molar refractivity (Wildman–Crippen MR) is 119 cm³/mol. The summed E-state index contributed by atoms with van der Waals surface area (Å²) in [6, 6.07) is 18.7. The summed E-state index contributed by atoms with van der Waals surface area (Å²) in [5, 5.41) is 5.60. The van der Waals surface area contributed by atoms with Gasteiger partial charge in [-0.15, -0.1) is 4.40 Å². The first kappa shape index (κ1) is 21.5. The van der Waals surface area contributed by atoms with Crippen LogP contribution in [0.15, 0.2) is 81.1 Å². The molecule has 0 aromatic heterocycles. The second-order valence-corrected chi connectivity index (χ2v) is 8.56. The van der Waals surface area contributed by atoms with Crippen molar-refractivity contribution >= 4 is 22.1 Å². The van der Waals surface area contributed by atoms with Gasteiger partial charge in [-0.2, -0.15) is 13.5 Å². The standard InChI is InChI=1S/C23H20FN3O4S/c1-27(25-14-17-8-11-20(24)21(12-17)30-2)23-19-10-9-18(13-22(19)32(28,29)26-23)31-15-16-6-4-3-5-7-16/h3-14H,15H2,1-2H3/b25-14+. The van der Waals surface area contributed by atoms with Crippen molar-refractivity contribution in [2.75, 3.05) is 14.2 Å². The molecule has 9 heteroatoms. The lowest BCUT2D eigenvalue weighted by molar-refractivity contribution is 0.305. The maximum atomic E-state index is 13.6. The fraction of sp³-hybridized carbons (Fsp3) is 0.130. The van der Waals surface area contributed by atoms with E-state index in [1.165, 1.54) is 42.6 Å². The molecule has 0 unspecified atom stereocenters. The Morgan fingerprint density at radius 2 is 1.88 bits per heavy atom. The van der Waals surface area contributed by atoms with Crippen LogP contribution in [0.3, 0.4) is 0 Å². The molecule has 3 aromatic carbocycles. The Morgan fingerprint density at radius 1 is 1.09 bits per heavy atom. The molecule has 0 fully saturated rings. The van der Waals surface area contributed by atoms with Crippen molar-refractivity contribution in [2.45, 2.75) is 11.5 Å². The van der Waals surface area contributed by atoms with E-state index in [2.05, 4.69) is 9.50 Å². The summed E-state index contributed by atoms with van der Waals surface area (Å²) >= 11 is 0. The van der Waals surface area contributed by atoms with Crippen molar-refractivity contribution in [3.63, 3.8) is 0 Å². The van der Waals surface area contributed by atoms with Crippen LogP contribution in [0.1, 0.15) is 16.7 Å². The average Bonchev–Trinajstić information content (AvgIpc) is 3.08. The molecule has 0 aliphatic carbocycles. The molecule has 0 amide bonds. The molecular formula is C23H20FN3O4S. The second kappa shape index (κ2) is 8.80. The molecule has 0 saturated heterocycles. The van der Waals surface area contributed by atoms with E-state index >= 15 is 0 Å². The van der Waals surface area contributed by atoms with Crippen LogP contribution in [0, 0.1) is 5.82 Å². The predicted octanol–water partition coefficient (Wildman–Crippen LogP) is 3.83. The van der Waals surface area contributed by atoms with Crippen LogP contribution in [0.5, 0.6) is 11.5 Å². The third-order valence-electron chi connectivity index (χ3n) is 4.79. The summed E-state index contributed by atoms with van der Waals surface area (Å²) in [6.45, 7) is 0.318. The molecule has 0 spiro atoms. The minimum atomic E-state index is -3.88. The van der Waals surface area contributed by atoms with Gasteiger partial charge in [0.2, 0.25) is 0 Å². The summed E-state index contributed by atoms with van der Waals surface area (Å²) in [5.41, 5.74) is 1.98. The van der Waals surface area contributed by atoms with Gasteiger partial charge in [0.1, 0.15) is 17.3 Å². The van der Waals surface area contributed by atoms with Gasteiger partial charge < -0.3 is 9.47 Å². The van der Waals surface area contributed by atoms with Gasteiger partial charge in [0.25, 0.3) is 10.0 Å². The summed E-state index contributed by atoms with van der Waals surface area (Å²) in [7, 11) is -0.924. The highest BCUT2D eigenvalue weighted by Gasteiger charge is 2.31. The normalized spacial score (nSPS) is 14.2. The van der Waals surface area contributed by atoms with Crippen LogP contribution in [-0.4, -0.2) is 39.6 Å². The minimum absolute atomic E-state index is 0.0589. The summed E-state index contributed by atoms with van der Waals surface area (Å²) in [5.74, 6) is 0.214. The first-order valence-corrected chi connectivity index (χ1v) is 11.1. The molecule has 1 aliphatic rings. The molecule has 0 bridgehead atoms. The van der Waals surface area contributed by atoms with Crippen molar-refractivity contribution in [3.05, 3.63) is 89.2 Å². The smallest absolute Gasteiger partial charge is 0.285 e. The van der Waals surface area contributed by atoms with E-state index in [4.69, 9.17) is 9.47 Å². The Balaban J connectivity index is 1.54. The summed E-state index contributed by atoms with van der Waals surface area (Å²) < 4.78 is 53.4. The van der Waals surface area contributed by atoms with Gasteiger partial charge in [0, 0.05) is 18.7 Å². The molecule has 164 valence electrons. The Morgan fingerprint density at radius 3 is 2.62 bits per heavy atom. The molecule has 0 saturated carbocycles. The largest absolute Gasteiger partial charge is 0.494 e. The number of hydrogen-bond donors (Lipinski definition) is 0. The van der Waals surface area contributed by atoms with E-state index in [1.54, 1.807) is 19.2 Å². The van der Waals surface area contributed by atoms with Crippen LogP contribution in [0.25, 0.3) is 0 Å². The van der Waals surface area contributed by atoms with Gasteiger partial charge in [-0.3, -0.25) is 0 Å². The lowest BCUT2D eigenvalue weighted by Gasteiger charge is -2.13. The Kier molecular flexibility index (Phi) is 5.91. The van der Waals surface area contributed by atoms with Crippen molar-refractivity contribution in [2.24, 2.45) is 9.50 Å². The average molecular weight is 453 g/mol. The van der Waals surface area contributed by atoms with Gasteiger partial charge in [0.05, 0.1) is 13.3 Å². The lowest BCUT2D eigenvalue weighted by atomic mass is 10.2. The maximum Gasteiger partial charge on any atom is 0.285 e. The van der Waals surface area contributed by atoms with Crippen LogP contribution < -0.4 is 9.47 Å². The molecule has 32 heavy (non-hydrogen) atoms. The summed E-state index contributed by atoms with van der Waals surface area (Å²) in [6.07, 6.45) is 1.46. The number of methoxy groups -OCH3 is 1. The topological polar surface area (TPSA) is 80.6 Å². The van der Waals surface area contributed by atoms with Crippen LogP contribution in [-0.2, 0) is 16.6 Å². The lowest BCUT2D eigenvalue weighted by Crippen LogP contribution is -2.21. The van der Waals surface area contributed by atoms with E-state index in [9.17, 15) is 12.8 Å². The van der Waals surface area contributed by atoms with Crippen LogP contribution in [0.4, 0.5) is 4.39 Å². The van der Waals surface area contributed by atoms with E-state index in [1.807, 2.05) is 30.3 Å². The molecule has 1 aliphatic heterocycles. The third kappa shape index (κ3) is 4.47. The number of fused-ring (bicyclic) bond motifs is 1. The van der Waals surface area contributed by atoms with E-state index < -0.39 is 15.8 Å². The number of halogens is 1. The quantitative estimate of drug-likeness (QED) is 0.419. The summed E-state index contributed by atoms with van der Waals surface area (Å²) in [4.78, 5) is 0.0589. The van der Waals surface area contributed by atoms with Crippen molar-refractivity contribution < 1.29 is 22.3 Å². The molecular weight excluding hydrogens is 433 g/mol. The minimum Gasteiger partial charge on any atom is -0.494 e. The fourth-order valence-electron chi connectivity index (χ4n) is 3.14. The molecule has 0 radical (unpaired) electrons. The fourth-order valence-corrected chi connectivity index (χ4v) is 4.39. The third-order valence-corrected chi connectivity index (χ3v) is 6.10. The molecule has 4 rings (SSSR count). The number of rotatable bonds is 6. The van der Waals surface area contributed by atoms with E-state index in [0.29, 0.717) is 23.5 Å². The van der Waals surface area contributed by atoms with Gasteiger partial charge >= 0.3 is 0 Å². The Hall–Kier alpha value is -3.72. The highest BCUT2D eigenvalue weighted by Crippen LogP contribution is 2.31. The van der Waals surface area contributed by atoms with Gasteiger partial charge in [-0.05, 0) is 35.4 Å². The number of sulfonamides is 1. The molecule has 3 aromatic rings. The van der Waals surface area contributed by atoms with Crippen molar-refractivity contribution in [1.29, 1.82) is 0 Å². The number of amidine groups is 1. The Bertz CT molecular complexity index is 1310. The maximum absolute atomic E-state index is 13.6. The number of hydrazone groups is 1. The number of hydrogen-bond acceptors (Lipinski definition) is 6. The SMILES string of the molecule is COc1cc(/C=N/N(C)C2=NS(=O)(=O)c3cc(OCc4ccccc4)ccc32)ccc1F. The van der Waals surface area contributed by atoms with Gasteiger partial charge in [0.15, 0.2) is 17.4 Å². The zero-order chi connectivity index (χ0) is 22.7.